The summed E-state index contributed by atoms with van der Waals surface area (Å²) in [4.78, 5) is 10.5. The average Bonchev–Trinajstić information content (AvgIpc) is 2.17. The van der Waals surface area contributed by atoms with Crippen molar-refractivity contribution in [3.8, 4) is 0 Å². The molecule has 6 heteroatoms. The molecule has 0 saturated carbocycles. The first-order valence-corrected chi connectivity index (χ1v) is 6.35. The van der Waals surface area contributed by atoms with Gasteiger partial charge in [-0.15, -0.1) is 0 Å². The minimum Gasteiger partial charge on any atom is -0.351 e. The van der Waals surface area contributed by atoms with Crippen LogP contribution >= 0.6 is 0 Å². The van der Waals surface area contributed by atoms with Gasteiger partial charge < -0.3 is 5.73 Å². The Morgan fingerprint density at radius 1 is 1.31 bits per heavy atom. The van der Waals surface area contributed by atoms with Crippen molar-refractivity contribution < 1.29 is 13.2 Å². The van der Waals surface area contributed by atoms with E-state index in [0.29, 0.717) is 0 Å². The number of hydrogen-bond acceptors (Lipinski definition) is 3. The second-order valence-corrected chi connectivity index (χ2v) is 5.05. The third kappa shape index (κ3) is 3.23. The summed E-state index contributed by atoms with van der Waals surface area (Å²) in [5.74, 6) is 0. The van der Waals surface area contributed by atoms with Crippen molar-refractivity contribution in [1.29, 1.82) is 0 Å². The highest BCUT2D eigenvalue weighted by atomic mass is 32.2. The van der Waals surface area contributed by atoms with Gasteiger partial charge in [0.25, 0.3) is 10.0 Å². The Morgan fingerprint density at radius 2 is 1.88 bits per heavy atom. The number of hydrogen-bond donors (Lipinski definition) is 2. The summed E-state index contributed by atoms with van der Waals surface area (Å²) in [6, 6.07) is 5.27. The third-order valence-corrected chi connectivity index (χ3v) is 3.37. The van der Waals surface area contributed by atoms with Crippen LogP contribution in [0.25, 0.3) is 0 Å². The Hall–Kier alpha value is -1.56. The maximum atomic E-state index is 11.5. The van der Waals surface area contributed by atoms with Crippen molar-refractivity contribution in [3.05, 3.63) is 29.8 Å². The fourth-order valence-electron chi connectivity index (χ4n) is 1.32. The monoisotopic (exact) mass is 242 g/mol. The summed E-state index contributed by atoms with van der Waals surface area (Å²) in [5.41, 5.74) is 5.82. The lowest BCUT2D eigenvalue weighted by Gasteiger charge is -2.05. The van der Waals surface area contributed by atoms with Crippen molar-refractivity contribution in [3.63, 3.8) is 0 Å². The maximum absolute atomic E-state index is 11.5. The van der Waals surface area contributed by atoms with Crippen LogP contribution in [0.5, 0.6) is 0 Å². The molecule has 0 aliphatic heterocycles. The van der Waals surface area contributed by atoms with E-state index in [1.165, 1.54) is 12.1 Å². The first-order valence-electron chi connectivity index (χ1n) is 4.87. The van der Waals surface area contributed by atoms with Crippen molar-refractivity contribution in [1.82, 2.24) is 4.72 Å². The van der Waals surface area contributed by atoms with E-state index in [-0.39, 0.29) is 4.90 Å². The molecule has 2 amide bonds. The number of urea groups is 1. The van der Waals surface area contributed by atoms with E-state index in [4.69, 9.17) is 5.73 Å². The first kappa shape index (κ1) is 12.5. The number of rotatable bonds is 4. The van der Waals surface area contributed by atoms with Crippen LogP contribution < -0.4 is 10.5 Å². The molecule has 0 bridgehead atoms. The Balaban J connectivity index is 2.93. The van der Waals surface area contributed by atoms with Crippen LogP contribution in [0.1, 0.15) is 18.9 Å². The molecule has 16 heavy (non-hydrogen) atoms. The van der Waals surface area contributed by atoms with E-state index in [0.717, 1.165) is 18.4 Å². The summed E-state index contributed by atoms with van der Waals surface area (Å²) < 4.78 is 24.7. The second kappa shape index (κ2) is 4.98. The molecule has 0 radical (unpaired) electrons. The van der Waals surface area contributed by atoms with Gasteiger partial charge in [0.2, 0.25) is 0 Å². The standard InChI is InChI=1S/C10H14N2O3S/c1-2-3-8-4-6-9(7-5-8)16(14,15)12-10(11)13/h4-7H,2-3H2,1H3,(H3,11,12,13). The number of carbonyl (C=O) groups excluding carboxylic acids is 1. The lowest BCUT2D eigenvalue weighted by atomic mass is 10.1. The quantitative estimate of drug-likeness (QED) is 0.825. The van der Waals surface area contributed by atoms with Gasteiger partial charge in [-0.25, -0.2) is 17.9 Å². The van der Waals surface area contributed by atoms with E-state index in [2.05, 4.69) is 0 Å². The molecule has 0 heterocycles. The zero-order valence-electron chi connectivity index (χ0n) is 8.93. The van der Waals surface area contributed by atoms with Gasteiger partial charge in [-0.1, -0.05) is 25.5 Å². The smallest absolute Gasteiger partial charge is 0.326 e. The zero-order chi connectivity index (χ0) is 12.2. The molecule has 3 N–H and O–H groups in total. The summed E-state index contributed by atoms with van der Waals surface area (Å²) in [5, 5.41) is 0. The molecule has 0 spiro atoms. The van der Waals surface area contributed by atoms with Crippen LogP contribution in [0.2, 0.25) is 0 Å². The highest BCUT2D eigenvalue weighted by molar-refractivity contribution is 7.90. The minimum absolute atomic E-state index is 0.0335. The Kier molecular flexibility index (Phi) is 3.89. The van der Waals surface area contributed by atoms with Gasteiger partial charge in [-0.05, 0) is 24.1 Å². The van der Waals surface area contributed by atoms with Gasteiger partial charge in [0.05, 0.1) is 4.90 Å². The van der Waals surface area contributed by atoms with Crippen molar-refractivity contribution in [2.24, 2.45) is 5.73 Å². The normalized spacial score (nSPS) is 11.1. The Morgan fingerprint density at radius 3 is 2.31 bits per heavy atom. The number of nitrogens with one attached hydrogen (secondary N) is 1. The summed E-state index contributed by atoms with van der Waals surface area (Å²) in [7, 11) is -3.82. The highest BCUT2D eigenvalue weighted by Gasteiger charge is 2.15. The summed E-state index contributed by atoms with van der Waals surface area (Å²) >= 11 is 0. The average molecular weight is 242 g/mol. The molecular formula is C10H14N2O3S. The number of sulfonamides is 1. The van der Waals surface area contributed by atoms with Gasteiger partial charge in [0.15, 0.2) is 0 Å². The van der Waals surface area contributed by atoms with Crippen LogP contribution in [0.3, 0.4) is 0 Å². The molecule has 0 fully saturated rings. The zero-order valence-corrected chi connectivity index (χ0v) is 9.75. The SMILES string of the molecule is CCCc1ccc(S(=O)(=O)NC(N)=O)cc1. The fourth-order valence-corrected chi connectivity index (χ4v) is 2.19. The van der Waals surface area contributed by atoms with Gasteiger partial charge in [-0.3, -0.25) is 0 Å². The number of aryl methyl sites for hydroxylation is 1. The lowest BCUT2D eigenvalue weighted by Crippen LogP contribution is -2.34. The van der Waals surface area contributed by atoms with Crippen LogP contribution in [-0.2, 0) is 16.4 Å². The molecule has 88 valence electrons. The van der Waals surface area contributed by atoms with Crippen molar-refractivity contribution in [2.45, 2.75) is 24.7 Å². The molecule has 0 aromatic heterocycles. The molecule has 1 aromatic rings. The molecule has 1 aromatic carbocycles. The van der Waals surface area contributed by atoms with Crippen LogP contribution in [0.15, 0.2) is 29.2 Å². The molecule has 0 atom stereocenters. The number of amides is 2. The Bertz CT molecular complexity index is 465. The van der Waals surface area contributed by atoms with Crippen LogP contribution in [-0.4, -0.2) is 14.4 Å². The van der Waals surface area contributed by atoms with Gasteiger partial charge >= 0.3 is 6.03 Å². The Labute approximate surface area is 94.7 Å². The van der Waals surface area contributed by atoms with Crippen LogP contribution in [0, 0.1) is 0 Å². The number of carbonyl (C=O) groups is 1. The minimum atomic E-state index is -3.82. The maximum Gasteiger partial charge on any atom is 0.326 e. The number of benzene rings is 1. The van der Waals surface area contributed by atoms with E-state index >= 15 is 0 Å². The topological polar surface area (TPSA) is 89.3 Å². The molecule has 0 unspecified atom stereocenters. The van der Waals surface area contributed by atoms with Crippen LogP contribution in [0.4, 0.5) is 4.79 Å². The predicted molar refractivity (Wildman–Crippen MR) is 60.3 cm³/mol. The molecule has 0 aliphatic rings. The fraction of sp³-hybridized carbons (Fsp3) is 0.300. The van der Waals surface area contributed by atoms with E-state index in [1.54, 1.807) is 16.9 Å². The van der Waals surface area contributed by atoms with E-state index < -0.39 is 16.1 Å². The molecular weight excluding hydrogens is 228 g/mol. The molecule has 0 aliphatic carbocycles. The predicted octanol–water partition coefficient (Wildman–Crippen LogP) is 0.996. The summed E-state index contributed by atoms with van der Waals surface area (Å²) in [6.07, 6.45) is 1.88. The van der Waals surface area contributed by atoms with Gasteiger partial charge in [-0.2, -0.15) is 0 Å². The number of nitrogens with two attached hydrogens (primary N) is 1. The number of primary amides is 1. The van der Waals surface area contributed by atoms with Gasteiger partial charge in [0, 0.05) is 0 Å². The lowest BCUT2D eigenvalue weighted by molar-refractivity contribution is 0.253. The van der Waals surface area contributed by atoms with Gasteiger partial charge in [0.1, 0.15) is 0 Å². The molecule has 5 nitrogen and oxygen atoms in total. The van der Waals surface area contributed by atoms with E-state index in [9.17, 15) is 13.2 Å². The third-order valence-electron chi connectivity index (χ3n) is 2.01. The summed E-state index contributed by atoms with van der Waals surface area (Å²) in [6.45, 7) is 2.04. The first-order chi connectivity index (χ1) is 7.45. The molecule has 1 rings (SSSR count). The van der Waals surface area contributed by atoms with Crippen molar-refractivity contribution in [2.75, 3.05) is 0 Å². The second-order valence-electron chi connectivity index (χ2n) is 3.36. The largest absolute Gasteiger partial charge is 0.351 e. The van der Waals surface area contributed by atoms with Crippen molar-refractivity contribution >= 4 is 16.1 Å². The highest BCUT2D eigenvalue weighted by Crippen LogP contribution is 2.11. The molecule has 0 saturated heterocycles. The van der Waals surface area contributed by atoms with E-state index in [1.807, 2.05) is 6.92 Å².